The maximum Gasteiger partial charge on any atom is 0.0912 e. The fraction of sp³-hybridized carbons (Fsp3) is 0.500. The van der Waals surface area contributed by atoms with E-state index in [9.17, 15) is 5.11 Å². The molecular formula is C12H18ClNO. The molecule has 1 atom stereocenters. The van der Waals surface area contributed by atoms with Gasteiger partial charge >= 0.3 is 0 Å². The van der Waals surface area contributed by atoms with Crippen LogP contribution in [0.3, 0.4) is 0 Å². The van der Waals surface area contributed by atoms with E-state index in [1.54, 1.807) is 0 Å². The lowest BCUT2D eigenvalue weighted by atomic mass is 10.0. The molecule has 0 bridgehead atoms. The number of unbranched alkanes of at least 4 members (excludes halogenated alkanes) is 1. The fourth-order valence-corrected chi connectivity index (χ4v) is 1.70. The van der Waals surface area contributed by atoms with Crippen LogP contribution in [-0.4, -0.2) is 17.5 Å². The zero-order chi connectivity index (χ0) is 11.1. The molecule has 84 valence electrons. The molecule has 0 aliphatic carbocycles. The summed E-state index contributed by atoms with van der Waals surface area (Å²) in [5.41, 5.74) is 7.55. The first-order chi connectivity index (χ1) is 7.27. The van der Waals surface area contributed by atoms with Gasteiger partial charge in [-0.1, -0.05) is 24.3 Å². The predicted molar refractivity (Wildman–Crippen MR) is 64.1 cm³/mol. The highest BCUT2D eigenvalue weighted by atomic mass is 35.5. The number of aryl methyl sites for hydroxylation is 1. The Bertz CT molecular complexity index is 291. The van der Waals surface area contributed by atoms with Gasteiger partial charge in [0, 0.05) is 12.4 Å². The van der Waals surface area contributed by atoms with Crippen LogP contribution in [0.1, 0.15) is 30.1 Å². The van der Waals surface area contributed by atoms with Crippen LogP contribution in [0, 0.1) is 0 Å². The molecule has 0 amide bonds. The maximum atomic E-state index is 9.58. The second kappa shape index (κ2) is 6.83. The van der Waals surface area contributed by atoms with Crippen molar-refractivity contribution in [3.8, 4) is 0 Å². The van der Waals surface area contributed by atoms with Crippen molar-refractivity contribution in [2.75, 3.05) is 12.4 Å². The van der Waals surface area contributed by atoms with E-state index in [4.69, 9.17) is 17.3 Å². The summed E-state index contributed by atoms with van der Waals surface area (Å²) >= 11 is 5.62. The summed E-state index contributed by atoms with van der Waals surface area (Å²) < 4.78 is 0. The van der Waals surface area contributed by atoms with E-state index in [0.29, 0.717) is 5.88 Å². The molecule has 2 nitrogen and oxygen atoms in total. The quantitative estimate of drug-likeness (QED) is 0.579. The van der Waals surface area contributed by atoms with Gasteiger partial charge in [-0.3, -0.25) is 0 Å². The Morgan fingerprint density at radius 3 is 2.80 bits per heavy atom. The molecule has 0 aromatic heterocycles. The van der Waals surface area contributed by atoms with Gasteiger partial charge in [-0.05, 0) is 30.4 Å². The summed E-state index contributed by atoms with van der Waals surface area (Å²) in [5.74, 6) is 0.713. The first-order valence-electron chi connectivity index (χ1n) is 5.31. The smallest absolute Gasteiger partial charge is 0.0912 e. The Hall–Kier alpha value is -0.570. The average Bonchev–Trinajstić information content (AvgIpc) is 2.29. The number of hydrogen-bond donors (Lipinski definition) is 2. The van der Waals surface area contributed by atoms with Crippen LogP contribution >= 0.6 is 11.6 Å². The Labute approximate surface area is 96.1 Å². The van der Waals surface area contributed by atoms with E-state index in [1.165, 1.54) is 5.56 Å². The van der Waals surface area contributed by atoms with Crippen LogP contribution in [0.25, 0.3) is 0 Å². The van der Waals surface area contributed by atoms with Crippen LogP contribution in [0.2, 0.25) is 0 Å². The molecule has 0 aliphatic rings. The number of hydrogen-bond acceptors (Lipinski definition) is 2. The Kier molecular flexibility index (Phi) is 5.69. The molecule has 1 unspecified atom stereocenters. The van der Waals surface area contributed by atoms with Crippen LogP contribution in [0.15, 0.2) is 24.3 Å². The van der Waals surface area contributed by atoms with Gasteiger partial charge in [-0.25, -0.2) is 0 Å². The molecule has 3 heteroatoms. The van der Waals surface area contributed by atoms with Crippen LogP contribution in [-0.2, 0) is 6.42 Å². The predicted octanol–water partition coefficient (Wildman–Crippen LogP) is 2.24. The van der Waals surface area contributed by atoms with Gasteiger partial charge in [0.15, 0.2) is 0 Å². The highest BCUT2D eigenvalue weighted by Crippen LogP contribution is 2.15. The van der Waals surface area contributed by atoms with Gasteiger partial charge < -0.3 is 10.8 Å². The first-order valence-corrected chi connectivity index (χ1v) is 5.84. The Morgan fingerprint density at radius 2 is 2.13 bits per heavy atom. The number of nitrogens with two attached hydrogens (primary N) is 1. The second-order valence-corrected chi connectivity index (χ2v) is 4.02. The SMILES string of the molecule is NCC(O)c1cccc(CCCCCl)c1. The minimum atomic E-state index is -0.544. The van der Waals surface area contributed by atoms with Gasteiger partial charge in [0.25, 0.3) is 0 Å². The van der Waals surface area contributed by atoms with E-state index in [2.05, 4.69) is 6.07 Å². The van der Waals surface area contributed by atoms with Crippen molar-refractivity contribution >= 4 is 11.6 Å². The fourth-order valence-electron chi connectivity index (χ4n) is 1.52. The second-order valence-electron chi connectivity index (χ2n) is 3.64. The summed E-state index contributed by atoms with van der Waals surface area (Å²) in [7, 11) is 0. The molecule has 0 saturated heterocycles. The van der Waals surface area contributed by atoms with E-state index in [1.807, 2.05) is 18.2 Å². The lowest BCUT2D eigenvalue weighted by Crippen LogP contribution is -2.11. The number of halogens is 1. The Morgan fingerprint density at radius 1 is 1.33 bits per heavy atom. The lowest BCUT2D eigenvalue weighted by molar-refractivity contribution is 0.186. The van der Waals surface area contributed by atoms with Gasteiger partial charge in [-0.15, -0.1) is 11.6 Å². The average molecular weight is 228 g/mol. The number of rotatable bonds is 6. The highest BCUT2D eigenvalue weighted by molar-refractivity contribution is 6.17. The lowest BCUT2D eigenvalue weighted by Gasteiger charge is -2.09. The topological polar surface area (TPSA) is 46.2 Å². The van der Waals surface area contributed by atoms with Crippen molar-refractivity contribution in [1.82, 2.24) is 0 Å². The molecule has 0 aliphatic heterocycles. The zero-order valence-corrected chi connectivity index (χ0v) is 9.58. The van der Waals surface area contributed by atoms with Crippen molar-refractivity contribution in [2.45, 2.75) is 25.4 Å². The van der Waals surface area contributed by atoms with E-state index >= 15 is 0 Å². The van der Waals surface area contributed by atoms with E-state index < -0.39 is 6.10 Å². The van der Waals surface area contributed by atoms with Crippen molar-refractivity contribution in [3.05, 3.63) is 35.4 Å². The summed E-state index contributed by atoms with van der Waals surface area (Å²) in [6, 6.07) is 7.96. The normalized spacial score (nSPS) is 12.7. The van der Waals surface area contributed by atoms with Crippen LogP contribution in [0.5, 0.6) is 0 Å². The number of aliphatic hydroxyl groups is 1. The monoisotopic (exact) mass is 227 g/mol. The van der Waals surface area contributed by atoms with Crippen LogP contribution in [0.4, 0.5) is 0 Å². The van der Waals surface area contributed by atoms with Gasteiger partial charge in [-0.2, -0.15) is 0 Å². The molecule has 0 spiro atoms. The summed E-state index contributed by atoms with van der Waals surface area (Å²) in [6.45, 7) is 0.269. The van der Waals surface area contributed by atoms with E-state index in [0.717, 1.165) is 24.8 Å². The number of alkyl halides is 1. The third-order valence-corrected chi connectivity index (χ3v) is 2.68. The minimum absolute atomic E-state index is 0.269. The molecule has 15 heavy (non-hydrogen) atoms. The molecule has 1 aromatic carbocycles. The van der Waals surface area contributed by atoms with Crippen molar-refractivity contribution in [3.63, 3.8) is 0 Å². The molecule has 0 heterocycles. The Balaban J connectivity index is 2.57. The van der Waals surface area contributed by atoms with Crippen molar-refractivity contribution in [1.29, 1.82) is 0 Å². The van der Waals surface area contributed by atoms with Gasteiger partial charge in [0.05, 0.1) is 6.10 Å². The molecule has 0 radical (unpaired) electrons. The third-order valence-electron chi connectivity index (χ3n) is 2.41. The maximum absolute atomic E-state index is 9.58. The molecular weight excluding hydrogens is 210 g/mol. The van der Waals surface area contributed by atoms with Crippen molar-refractivity contribution in [2.24, 2.45) is 5.73 Å². The molecule has 0 fully saturated rings. The first kappa shape index (κ1) is 12.5. The van der Waals surface area contributed by atoms with Gasteiger partial charge in [0.2, 0.25) is 0 Å². The third kappa shape index (κ3) is 4.20. The zero-order valence-electron chi connectivity index (χ0n) is 8.82. The number of aliphatic hydroxyl groups excluding tert-OH is 1. The molecule has 3 N–H and O–H groups in total. The summed E-state index contributed by atoms with van der Waals surface area (Å²) in [6.07, 6.45) is 2.59. The number of benzene rings is 1. The molecule has 1 aromatic rings. The van der Waals surface area contributed by atoms with E-state index in [-0.39, 0.29) is 6.54 Å². The van der Waals surface area contributed by atoms with Gasteiger partial charge in [0.1, 0.15) is 0 Å². The largest absolute Gasteiger partial charge is 0.387 e. The minimum Gasteiger partial charge on any atom is -0.387 e. The summed E-state index contributed by atoms with van der Waals surface area (Å²) in [4.78, 5) is 0. The molecule has 0 saturated carbocycles. The molecule has 1 rings (SSSR count). The highest BCUT2D eigenvalue weighted by Gasteiger charge is 2.04. The van der Waals surface area contributed by atoms with Crippen molar-refractivity contribution < 1.29 is 5.11 Å². The summed E-state index contributed by atoms with van der Waals surface area (Å²) in [5, 5.41) is 9.58. The standard InChI is InChI=1S/C12H18ClNO/c13-7-2-1-4-10-5-3-6-11(8-10)12(15)9-14/h3,5-6,8,12,15H,1-2,4,7,9,14H2. The van der Waals surface area contributed by atoms with Crippen LogP contribution < -0.4 is 5.73 Å².